The number of ether oxygens (including phenoxy) is 1. The van der Waals surface area contributed by atoms with Crippen LogP contribution in [0, 0.1) is 0 Å². The molecular weight excluding hydrogens is 188 g/mol. The second kappa shape index (κ2) is 11.3. The summed E-state index contributed by atoms with van der Waals surface area (Å²) in [7, 11) is 1.44. The van der Waals surface area contributed by atoms with Crippen LogP contribution in [-0.4, -0.2) is 13.1 Å². The molecule has 0 amide bonds. The first-order valence-corrected chi connectivity index (χ1v) is 6.03. The summed E-state index contributed by atoms with van der Waals surface area (Å²) in [6.07, 6.45) is 13.3. The second-order valence-corrected chi connectivity index (χ2v) is 3.79. The molecule has 0 aliphatic carbocycles. The Morgan fingerprint density at radius 3 is 2.33 bits per heavy atom. The highest BCUT2D eigenvalue weighted by Crippen LogP contribution is 2.05. The first kappa shape index (κ1) is 14.2. The van der Waals surface area contributed by atoms with Gasteiger partial charge < -0.3 is 4.74 Å². The molecule has 0 bridgehead atoms. The van der Waals surface area contributed by atoms with Gasteiger partial charge in [0.15, 0.2) is 0 Å². The molecule has 0 unspecified atom stereocenters. The molecule has 0 rings (SSSR count). The summed E-state index contributed by atoms with van der Waals surface area (Å²) < 4.78 is 4.57. The van der Waals surface area contributed by atoms with Gasteiger partial charge in [0.25, 0.3) is 0 Å². The molecule has 0 saturated carbocycles. The number of methoxy groups -OCH3 is 1. The molecule has 0 radical (unpaired) electrons. The third kappa shape index (κ3) is 11.1. The van der Waals surface area contributed by atoms with Crippen molar-refractivity contribution >= 4 is 5.97 Å². The van der Waals surface area contributed by atoms with Crippen LogP contribution in [0.25, 0.3) is 0 Å². The molecule has 88 valence electrons. The number of hydrogen-bond donors (Lipinski definition) is 0. The van der Waals surface area contributed by atoms with E-state index in [2.05, 4.69) is 23.8 Å². The van der Waals surface area contributed by atoms with Gasteiger partial charge in [-0.25, -0.2) is 0 Å². The van der Waals surface area contributed by atoms with Crippen molar-refractivity contribution in [3.8, 4) is 0 Å². The maximum atomic E-state index is 10.8. The first-order valence-electron chi connectivity index (χ1n) is 6.03. The van der Waals surface area contributed by atoms with E-state index in [0.29, 0.717) is 6.42 Å². The summed E-state index contributed by atoms with van der Waals surface area (Å²) in [5.74, 6) is -0.0894. The lowest BCUT2D eigenvalue weighted by atomic mass is 10.1. The highest BCUT2D eigenvalue weighted by atomic mass is 16.5. The van der Waals surface area contributed by atoms with Gasteiger partial charge in [-0.15, -0.1) is 0 Å². The number of hydrogen-bond acceptors (Lipinski definition) is 2. The normalized spacial score (nSPS) is 10.8. The zero-order valence-corrected chi connectivity index (χ0v) is 10.1. The van der Waals surface area contributed by atoms with Crippen molar-refractivity contribution in [3.05, 3.63) is 12.2 Å². The van der Waals surface area contributed by atoms with Crippen molar-refractivity contribution in [3.63, 3.8) is 0 Å². The molecular formula is C13H24O2. The molecule has 0 N–H and O–H groups in total. The van der Waals surface area contributed by atoms with Gasteiger partial charge in [0.2, 0.25) is 0 Å². The van der Waals surface area contributed by atoms with Gasteiger partial charge in [0, 0.05) is 6.42 Å². The molecule has 0 aliphatic heterocycles. The van der Waals surface area contributed by atoms with Crippen molar-refractivity contribution in [1.29, 1.82) is 0 Å². The topological polar surface area (TPSA) is 26.3 Å². The van der Waals surface area contributed by atoms with Crippen LogP contribution in [0.1, 0.15) is 58.3 Å². The Morgan fingerprint density at radius 1 is 1.07 bits per heavy atom. The molecule has 0 atom stereocenters. The van der Waals surface area contributed by atoms with Crippen molar-refractivity contribution in [2.24, 2.45) is 0 Å². The Kier molecular flexibility index (Phi) is 10.7. The SMILES string of the molecule is CCCC/C=C/CCCCCC(=O)OC. The number of allylic oxidation sites excluding steroid dienone is 2. The Balaban J connectivity index is 3.11. The summed E-state index contributed by atoms with van der Waals surface area (Å²) >= 11 is 0. The molecule has 0 heterocycles. The van der Waals surface area contributed by atoms with Crippen LogP contribution in [0.15, 0.2) is 12.2 Å². The van der Waals surface area contributed by atoms with Gasteiger partial charge in [-0.05, 0) is 25.7 Å². The van der Waals surface area contributed by atoms with Crippen LogP contribution in [0.2, 0.25) is 0 Å². The van der Waals surface area contributed by atoms with Gasteiger partial charge in [0.05, 0.1) is 7.11 Å². The quantitative estimate of drug-likeness (QED) is 0.329. The largest absolute Gasteiger partial charge is 0.469 e. The van der Waals surface area contributed by atoms with Crippen LogP contribution in [0.3, 0.4) is 0 Å². The maximum absolute atomic E-state index is 10.8. The van der Waals surface area contributed by atoms with E-state index in [1.165, 1.54) is 32.8 Å². The number of carbonyl (C=O) groups excluding carboxylic acids is 1. The van der Waals surface area contributed by atoms with E-state index < -0.39 is 0 Å². The fourth-order valence-electron chi connectivity index (χ4n) is 1.37. The Morgan fingerprint density at radius 2 is 1.73 bits per heavy atom. The minimum Gasteiger partial charge on any atom is -0.469 e. The van der Waals surface area contributed by atoms with Gasteiger partial charge in [-0.3, -0.25) is 4.79 Å². The Bertz CT molecular complexity index is 173. The first-order chi connectivity index (χ1) is 7.31. The highest BCUT2D eigenvalue weighted by Gasteiger charge is 1.97. The molecule has 0 spiro atoms. The predicted molar refractivity (Wildman–Crippen MR) is 63.8 cm³/mol. The monoisotopic (exact) mass is 212 g/mol. The fraction of sp³-hybridized carbons (Fsp3) is 0.769. The predicted octanol–water partition coefficient (Wildman–Crippen LogP) is 3.86. The molecule has 2 heteroatoms. The third-order valence-electron chi connectivity index (χ3n) is 2.37. The number of unbranched alkanes of at least 4 members (excludes halogenated alkanes) is 5. The lowest BCUT2D eigenvalue weighted by Gasteiger charge is -1.98. The summed E-state index contributed by atoms with van der Waals surface area (Å²) in [4.78, 5) is 10.8. The minimum absolute atomic E-state index is 0.0894. The standard InChI is InChI=1S/C13H24O2/c1-3-4-5-6-7-8-9-10-11-12-13(14)15-2/h6-7H,3-5,8-12H2,1-2H3/b7-6+. The summed E-state index contributed by atoms with van der Waals surface area (Å²) in [5, 5.41) is 0. The van der Waals surface area contributed by atoms with Crippen molar-refractivity contribution in [2.75, 3.05) is 7.11 Å². The molecule has 15 heavy (non-hydrogen) atoms. The lowest BCUT2D eigenvalue weighted by Crippen LogP contribution is -1.98. The van der Waals surface area contributed by atoms with E-state index in [1.54, 1.807) is 0 Å². The average molecular weight is 212 g/mol. The fourth-order valence-corrected chi connectivity index (χ4v) is 1.37. The summed E-state index contributed by atoms with van der Waals surface area (Å²) in [6, 6.07) is 0. The van der Waals surface area contributed by atoms with Gasteiger partial charge in [0.1, 0.15) is 0 Å². The molecule has 0 aromatic rings. The number of carbonyl (C=O) groups is 1. The van der Waals surface area contributed by atoms with Crippen LogP contribution in [-0.2, 0) is 9.53 Å². The van der Waals surface area contributed by atoms with E-state index in [4.69, 9.17) is 0 Å². The highest BCUT2D eigenvalue weighted by molar-refractivity contribution is 5.68. The molecule has 0 aromatic carbocycles. The van der Waals surface area contributed by atoms with E-state index in [9.17, 15) is 4.79 Å². The van der Waals surface area contributed by atoms with E-state index in [-0.39, 0.29) is 5.97 Å². The van der Waals surface area contributed by atoms with Crippen LogP contribution >= 0.6 is 0 Å². The molecule has 0 fully saturated rings. The molecule has 2 nitrogen and oxygen atoms in total. The van der Waals surface area contributed by atoms with Crippen molar-refractivity contribution in [1.82, 2.24) is 0 Å². The number of esters is 1. The van der Waals surface area contributed by atoms with Gasteiger partial charge in [-0.1, -0.05) is 38.3 Å². The third-order valence-corrected chi connectivity index (χ3v) is 2.37. The summed E-state index contributed by atoms with van der Waals surface area (Å²) in [5.41, 5.74) is 0. The van der Waals surface area contributed by atoms with E-state index in [1.807, 2.05) is 0 Å². The minimum atomic E-state index is -0.0894. The Hall–Kier alpha value is -0.790. The second-order valence-electron chi connectivity index (χ2n) is 3.79. The lowest BCUT2D eigenvalue weighted by molar-refractivity contribution is -0.140. The van der Waals surface area contributed by atoms with Gasteiger partial charge >= 0.3 is 5.97 Å². The van der Waals surface area contributed by atoms with E-state index in [0.717, 1.165) is 19.3 Å². The Labute approximate surface area is 93.7 Å². The molecule has 0 aliphatic rings. The molecule has 0 saturated heterocycles. The van der Waals surface area contributed by atoms with Crippen LogP contribution in [0.4, 0.5) is 0 Å². The van der Waals surface area contributed by atoms with Crippen LogP contribution in [0.5, 0.6) is 0 Å². The zero-order valence-electron chi connectivity index (χ0n) is 10.1. The van der Waals surface area contributed by atoms with Crippen molar-refractivity contribution < 1.29 is 9.53 Å². The average Bonchev–Trinajstić information content (AvgIpc) is 2.26. The van der Waals surface area contributed by atoms with Crippen LogP contribution < -0.4 is 0 Å². The van der Waals surface area contributed by atoms with E-state index >= 15 is 0 Å². The smallest absolute Gasteiger partial charge is 0.305 e. The van der Waals surface area contributed by atoms with Crippen molar-refractivity contribution in [2.45, 2.75) is 58.3 Å². The number of rotatable bonds is 9. The molecule has 0 aromatic heterocycles. The van der Waals surface area contributed by atoms with Gasteiger partial charge in [-0.2, -0.15) is 0 Å². The maximum Gasteiger partial charge on any atom is 0.305 e. The summed E-state index contributed by atoms with van der Waals surface area (Å²) in [6.45, 7) is 2.21. The zero-order chi connectivity index (χ0) is 11.4.